The predicted octanol–water partition coefficient (Wildman–Crippen LogP) is 2.02. The fraction of sp³-hybridized carbons (Fsp3) is 0.176. The zero-order valence-electron chi connectivity index (χ0n) is 13.0. The van der Waals surface area contributed by atoms with Crippen molar-refractivity contribution in [3.05, 3.63) is 54.1 Å². The molecule has 3 rings (SSSR count). The van der Waals surface area contributed by atoms with Crippen molar-refractivity contribution in [3.63, 3.8) is 0 Å². The molecule has 0 bridgehead atoms. The monoisotopic (exact) mass is 327 g/mol. The molecule has 7 heteroatoms. The molecule has 0 fully saturated rings. The number of ether oxygens (including phenoxy) is 2. The first-order valence-corrected chi connectivity index (χ1v) is 7.41. The molecule has 0 saturated carbocycles. The van der Waals surface area contributed by atoms with Crippen LogP contribution < -0.4 is 25.4 Å². The Morgan fingerprint density at radius 1 is 1.04 bits per heavy atom. The Balaban J connectivity index is 1.84. The lowest BCUT2D eigenvalue weighted by Gasteiger charge is -2.19. The van der Waals surface area contributed by atoms with Crippen molar-refractivity contribution in [2.45, 2.75) is 6.04 Å². The normalized spacial score (nSPS) is 13.0. The number of fused-ring (bicyclic) bond motifs is 1. The van der Waals surface area contributed by atoms with Gasteiger partial charge in [-0.3, -0.25) is 10.1 Å². The minimum Gasteiger partial charge on any atom is -0.454 e. The van der Waals surface area contributed by atoms with Gasteiger partial charge in [0.2, 0.25) is 6.79 Å². The third-order valence-corrected chi connectivity index (χ3v) is 3.54. The van der Waals surface area contributed by atoms with E-state index in [2.05, 4.69) is 16.0 Å². The van der Waals surface area contributed by atoms with E-state index in [1.807, 2.05) is 30.3 Å². The van der Waals surface area contributed by atoms with E-state index in [4.69, 9.17) is 9.47 Å². The first-order valence-electron chi connectivity index (χ1n) is 7.41. The summed E-state index contributed by atoms with van der Waals surface area (Å²) in [7, 11) is 1.45. The zero-order chi connectivity index (χ0) is 16.9. The molecule has 24 heavy (non-hydrogen) atoms. The number of anilines is 1. The summed E-state index contributed by atoms with van der Waals surface area (Å²) in [5.41, 5.74) is 1.41. The van der Waals surface area contributed by atoms with Gasteiger partial charge in [-0.15, -0.1) is 0 Å². The number of amides is 3. The third-order valence-electron chi connectivity index (χ3n) is 3.54. The molecule has 0 unspecified atom stereocenters. The first-order chi connectivity index (χ1) is 11.7. The van der Waals surface area contributed by atoms with Gasteiger partial charge in [-0.2, -0.15) is 0 Å². The largest absolute Gasteiger partial charge is 0.454 e. The number of carbonyl (C=O) groups is 2. The van der Waals surface area contributed by atoms with Gasteiger partial charge in [0.1, 0.15) is 6.04 Å². The maximum absolute atomic E-state index is 12.5. The molecular weight excluding hydrogens is 310 g/mol. The minimum atomic E-state index is -0.733. The molecule has 0 aliphatic carbocycles. The van der Waals surface area contributed by atoms with Crippen LogP contribution in [0, 0.1) is 0 Å². The summed E-state index contributed by atoms with van der Waals surface area (Å²) in [5.74, 6) is 0.809. The van der Waals surface area contributed by atoms with Crippen LogP contribution in [0.2, 0.25) is 0 Å². The van der Waals surface area contributed by atoms with Crippen LogP contribution >= 0.6 is 0 Å². The second-order valence-corrected chi connectivity index (χ2v) is 5.12. The Labute approximate surface area is 139 Å². The molecule has 0 spiro atoms. The van der Waals surface area contributed by atoms with Crippen LogP contribution in [0.3, 0.4) is 0 Å². The Morgan fingerprint density at radius 2 is 1.79 bits per heavy atom. The van der Waals surface area contributed by atoms with Crippen molar-refractivity contribution in [2.24, 2.45) is 0 Å². The zero-order valence-corrected chi connectivity index (χ0v) is 13.0. The molecule has 0 radical (unpaired) electrons. The maximum Gasteiger partial charge on any atom is 0.321 e. The van der Waals surface area contributed by atoms with Crippen LogP contribution in [-0.2, 0) is 4.79 Å². The molecule has 1 aliphatic rings. The Hall–Kier alpha value is -3.22. The van der Waals surface area contributed by atoms with E-state index >= 15 is 0 Å². The predicted molar refractivity (Wildman–Crippen MR) is 88.0 cm³/mol. The average Bonchev–Trinajstić information content (AvgIpc) is 3.08. The van der Waals surface area contributed by atoms with Crippen molar-refractivity contribution in [1.29, 1.82) is 0 Å². The molecule has 2 aromatic rings. The molecule has 3 amide bonds. The SMILES string of the molecule is CNC(=O)NC(=O)[C@@H](Nc1ccc2c(c1)OCO2)c1ccccc1. The molecule has 1 atom stereocenters. The third kappa shape index (κ3) is 3.40. The van der Waals surface area contributed by atoms with Crippen LogP contribution in [-0.4, -0.2) is 25.8 Å². The number of nitrogens with one attached hydrogen (secondary N) is 3. The Morgan fingerprint density at radius 3 is 2.54 bits per heavy atom. The highest BCUT2D eigenvalue weighted by molar-refractivity contribution is 5.98. The molecular formula is C17H17N3O4. The van der Waals surface area contributed by atoms with Crippen LogP contribution in [0.4, 0.5) is 10.5 Å². The van der Waals surface area contributed by atoms with E-state index in [9.17, 15) is 9.59 Å². The summed E-state index contributed by atoms with van der Waals surface area (Å²) in [4.78, 5) is 23.9. The highest BCUT2D eigenvalue weighted by atomic mass is 16.7. The molecule has 2 aromatic carbocycles. The number of urea groups is 1. The fourth-order valence-corrected chi connectivity index (χ4v) is 2.35. The molecule has 1 heterocycles. The lowest BCUT2D eigenvalue weighted by molar-refractivity contribution is -0.120. The Kier molecular flexibility index (Phi) is 4.51. The molecule has 7 nitrogen and oxygen atoms in total. The number of benzene rings is 2. The van der Waals surface area contributed by atoms with Gasteiger partial charge >= 0.3 is 6.03 Å². The van der Waals surface area contributed by atoms with E-state index in [1.165, 1.54) is 7.05 Å². The average molecular weight is 327 g/mol. The van der Waals surface area contributed by atoms with Crippen LogP contribution in [0.15, 0.2) is 48.5 Å². The van der Waals surface area contributed by atoms with E-state index in [0.29, 0.717) is 17.2 Å². The summed E-state index contributed by atoms with van der Waals surface area (Å²) in [6.45, 7) is 0.179. The summed E-state index contributed by atoms with van der Waals surface area (Å²) >= 11 is 0. The highest BCUT2D eigenvalue weighted by Gasteiger charge is 2.23. The maximum atomic E-state index is 12.5. The molecule has 0 saturated heterocycles. The van der Waals surface area contributed by atoms with Crippen molar-refractivity contribution in [1.82, 2.24) is 10.6 Å². The first kappa shape index (κ1) is 15.7. The lowest BCUT2D eigenvalue weighted by atomic mass is 10.1. The van der Waals surface area contributed by atoms with E-state index in [1.54, 1.807) is 18.2 Å². The molecule has 1 aliphatic heterocycles. The summed E-state index contributed by atoms with van der Waals surface area (Å²) in [6, 6.07) is 13.2. The van der Waals surface area contributed by atoms with Crippen molar-refractivity contribution in [3.8, 4) is 11.5 Å². The van der Waals surface area contributed by atoms with Gasteiger partial charge < -0.3 is 20.1 Å². The molecule has 124 valence electrons. The van der Waals surface area contributed by atoms with Gasteiger partial charge in [0.25, 0.3) is 5.91 Å². The number of carbonyl (C=O) groups excluding carboxylic acids is 2. The van der Waals surface area contributed by atoms with Crippen LogP contribution in [0.5, 0.6) is 11.5 Å². The number of hydrogen-bond donors (Lipinski definition) is 3. The van der Waals surface area contributed by atoms with E-state index in [-0.39, 0.29) is 6.79 Å². The lowest BCUT2D eigenvalue weighted by Crippen LogP contribution is -2.42. The standard InChI is InChI=1S/C17H17N3O4/c1-18-17(22)20-16(21)15(11-5-3-2-4-6-11)19-12-7-8-13-14(9-12)24-10-23-13/h2-9,15,19H,10H2,1H3,(H2,18,20,21,22)/t15-/m0/s1. The van der Waals surface area contributed by atoms with Crippen molar-refractivity contribution in [2.75, 3.05) is 19.2 Å². The van der Waals surface area contributed by atoms with Gasteiger partial charge in [-0.05, 0) is 17.7 Å². The van der Waals surface area contributed by atoms with Crippen LogP contribution in [0.1, 0.15) is 11.6 Å². The summed E-state index contributed by atoms with van der Waals surface area (Å²) in [6.07, 6.45) is 0. The van der Waals surface area contributed by atoms with E-state index < -0.39 is 18.0 Å². The second kappa shape index (κ2) is 6.91. The van der Waals surface area contributed by atoms with E-state index in [0.717, 1.165) is 5.56 Å². The molecule has 0 aromatic heterocycles. The number of hydrogen-bond acceptors (Lipinski definition) is 5. The number of imide groups is 1. The quantitative estimate of drug-likeness (QED) is 0.799. The summed E-state index contributed by atoms with van der Waals surface area (Å²) in [5, 5.41) is 7.78. The Bertz CT molecular complexity index is 749. The molecule has 3 N–H and O–H groups in total. The summed E-state index contributed by atoms with van der Waals surface area (Å²) < 4.78 is 10.6. The van der Waals surface area contributed by atoms with Crippen molar-refractivity contribution < 1.29 is 19.1 Å². The fourth-order valence-electron chi connectivity index (χ4n) is 2.35. The topological polar surface area (TPSA) is 88.7 Å². The van der Waals surface area contributed by atoms with Gasteiger partial charge in [0.05, 0.1) is 0 Å². The van der Waals surface area contributed by atoms with Crippen molar-refractivity contribution >= 4 is 17.6 Å². The van der Waals surface area contributed by atoms with Crippen LogP contribution in [0.25, 0.3) is 0 Å². The highest BCUT2D eigenvalue weighted by Crippen LogP contribution is 2.35. The van der Waals surface area contributed by atoms with Gasteiger partial charge in [-0.25, -0.2) is 4.79 Å². The smallest absolute Gasteiger partial charge is 0.321 e. The minimum absolute atomic E-state index is 0.179. The number of rotatable bonds is 4. The van der Waals surface area contributed by atoms with Gasteiger partial charge in [0.15, 0.2) is 11.5 Å². The van der Waals surface area contributed by atoms with Gasteiger partial charge in [-0.1, -0.05) is 30.3 Å². The second-order valence-electron chi connectivity index (χ2n) is 5.12. The van der Waals surface area contributed by atoms with Gasteiger partial charge in [0, 0.05) is 18.8 Å².